The van der Waals surface area contributed by atoms with E-state index in [-0.39, 0.29) is 5.95 Å². The van der Waals surface area contributed by atoms with Crippen LogP contribution in [0.15, 0.2) is 53.3 Å². The quantitative estimate of drug-likeness (QED) is 0.425. The number of aromatic nitrogens is 5. The zero-order valence-corrected chi connectivity index (χ0v) is 18.3. The molecule has 0 aliphatic carbocycles. The highest BCUT2D eigenvalue weighted by Crippen LogP contribution is 2.39. The Kier molecular flexibility index (Phi) is 4.25. The third kappa shape index (κ3) is 2.83. The van der Waals surface area contributed by atoms with Gasteiger partial charge in [0.05, 0.1) is 7.11 Å². The number of rotatable bonds is 3. The molecule has 2 aromatic carbocycles. The molecule has 0 saturated carbocycles. The maximum atomic E-state index is 5.96. The molecule has 3 heterocycles. The first-order valence-corrected chi connectivity index (χ1v) is 10.1. The monoisotopic (exact) mass is 462 g/mol. The maximum absolute atomic E-state index is 5.96. The van der Waals surface area contributed by atoms with Crippen molar-refractivity contribution in [3.05, 3.63) is 53.3 Å². The van der Waals surface area contributed by atoms with Crippen LogP contribution in [0.2, 0.25) is 0 Å². The molecule has 0 spiro atoms. The van der Waals surface area contributed by atoms with Gasteiger partial charge in [0.2, 0.25) is 5.95 Å². The SMILES string of the molecule is COc1ccc2c(c1)c(-c1nnc(N)nc1-c1cn(C)c3ccc(Br)cc13)cn2C. The summed E-state index contributed by atoms with van der Waals surface area (Å²) in [5.41, 5.74) is 11.4. The predicted molar refractivity (Wildman–Crippen MR) is 122 cm³/mol. The molecule has 2 N–H and O–H groups in total. The number of nitrogen functional groups attached to an aromatic ring is 1. The van der Waals surface area contributed by atoms with Crippen molar-refractivity contribution in [1.29, 1.82) is 0 Å². The number of nitrogens with zero attached hydrogens (tertiary/aromatic N) is 5. The fourth-order valence-electron chi connectivity index (χ4n) is 3.95. The van der Waals surface area contributed by atoms with Crippen LogP contribution in [0.1, 0.15) is 0 Å². The summed E-state index contributed by atoms with van der Waals surface area (Å²) < 4.78 is 10.6. The van der Waals surface area contributed by atoms with Gasteiger partial charge < -0.3 is 19.6 Å². The molecule has 0 radical (unpaired) electrons. The van der Waals surface area contributed by atoms with Crippen LogP contribution in [0.25, 0.3) is 44.3 Å². The first kappa shape index (κ1) is 18.6. The highest BCUT2D eigenvalue weighted by atomic mass is 79.9. The summed E-state index contributed by atoms with van der Waals surface area (Å²) in [6.07, 6.45) is 4.09. The van der Waals surface area contributed by atoms with E-state index in [2.05, 4.69) is 58.6 Å². The smallest absolute Gasteiger partial charge is 0.240 e. The molecule has 3 aromatic heterocycles. The number of fused-ring (bicyclic) bond motifs is 2. The van der Waals surface area contributed by atoms with Crippen LogP contribution in [0.4, 0.5) is 5.95 Å². The fraction of sp³-hybridized carbons (Fsp3) is 0.136. The van der Waals surface area contributed by atoms with E-state index in [4.69, 9.17) is 10.5 Å². The van der Waals surface area contributed by atoms with E-state index in [1.54, 1.807) is 7.11 Å². The van der Waals surface area contributed by atoms with E-state index in [1.807, 2.05) is 44.6 Å². The van der Waals surface area contributed by atoms with Gasteiger partial charge in [0.1, 0.15) is 17.1 Å². The van der Waals surface area contributed by atoms with E-state index >= 15 is 0 Å². The van der Waals surface area contributed by atoms with Crippen molar-refractivity contribution < 1.29 is 4.74 Å². The van der Waals surface area contributed by atoms with Crippen molar-refractivity contribution >= 4 is 43.7 Å². The molecular weight excluding hydrogens is 444 g/mol. The molecule has 0 aliphatic heterocycles. The lowest BCUT2D eigenvalue weighted by Crippen LogP contribution is -2.02. The Morgan fingerprint density at radius 1 is 0.867 bits per heavy atom. The zero-order chi connectivity index (χ0) is 21.0. The summed E-state index contributed by atoms with van der Waals surface area (Å²) in [6, 6.07) is 12.2. The Labute approximate surface area is 181 Å². The van der Waals surface area contributed by atoms with Crippen molar-refractivity contribution in [1.82, 2.24) is 24.3 Å². The molecule has 0 aliphatic rings. The summed E-state index contributed by atoms with van der Waals surface area (Å²) in [4.78, 5) is 4.61. The minimum atomic E-state index is 0.138. The Bertz CT molecular complexity index is 1440. The molecule has 5 rings (SSSR count). The Morgan fingerprint density at radius 2 is 1.50 bits per heavy atom. The normalized spacial score (nSPS) is 11.5. The van der Waals surface area contributed by atoms with Crippen molar-refractivity contribution in [2.24, 2.45) is 14.1 Å². The van der Waals surface area contributed by atoms with Crippen LogP contribution in [0.5, 0.6) is 5.75 Å². The number of halogens is 1. The van der Waals surface area contributed by atoms with E-state index in [0.29, 0.717) is 11.4 Å². The Morgan fingerprint density at radius 3 is 2.20 bits per heavy atom. The topological polar surface area (TPSA) is 83.8 Å². The van der Waals surface area contributed by atoms with Gasteiger partial charge >= 0.3 is 0 Å². The third-order valence-corrected chi connectivity index (χ3v) is 5.85. The van der Waals surface area contributed by atoms with Gasteiger partial charge in [-0.2, -0.15) is 0 Å². The molecule has 0 amide bonds. The van der Waals surface area contributed by atoms with Crippen LogP contribution in [0.3, 0.4) is 0 Å². The third-order valence-electron chi connectivity index (χ3n) is 5.36. The Hall–Kier alpha value is -3.39. The van der Waals surface area contributed by atoms with Gasteiger partial charge in [-0.25, -0.2) is 4.98 Å². The minimum absolute atomic E-state index is 0.138. The lowest BCUT2D eigenvalue weighted by Gasteiger charge is -2.07. The number of anilines is 1. The highest BCUT2D eigenvalue weighted by Gasteiger charge is 2.21. The van der Waals surface area contributed by atoms with Gasteiger partial charge in [0.15, 0.2) is 0 Å². The van der Waals surface area contributed by atoms with Crippen molar-refractivity contribution in [2.45, 2.75) is 0 Å². The molecule has 7 nitrogen and oxygen atoms in total. The molecule has 0 saturated heterocycles. The number of hydrogen-bond acceptors (Lipinski definition) is 5. The van der Waals surface area contributed by atoms with Gasteiger partial charge in [-0.05, 0) is 36.4 Å². The molecule has 30 heavy (non-hydrogen) atoms. The van der Waals surface area contributed by atoms with E-state index < -0.39 is 0 Å². The lowest BCUT2D eigenvalue weighted by atomic mass is 10.0. The summed E-state index contributed by atoms with van der Waals surface area (Å²) in [6.45, 7) is 0. The van der Waals surface area contributed by atoms with Crippen molar-refractivity contribution in [2.75, 3.05) is 12.8 Å². The summed E-state index contributed by atoms with van der Waals surface area (Å²) in [5, 5.41) is 10.6. The summed E-state index contributed by atoms with van der Waals surface area (Å²) in [7, 11) is 5.68. The van der Waals surface area contributed by atoms with Gasteiger partial charge in [-0.3, -0.25) is 0 Å². The largest absolute Gasteiger partial charge is 0.497 e. The summed E-state index contributed by atoms with van der Waals surface area (Å²) >= 11 is 3.58. The second-order valence-electron chi connectivity index (χ2n) is 7.22. The average Bonchev–Trinajstić information content (AvgIpc) is 3.24. The minimum Gasteiger partial charge on any atom is -0.497 e. The fourth-order valence-corrected chi connectivity index (χ4v) is 4.31. The number of benzene rings is 2. The lowest BCUT2D eigenvalue weighted by molar-refractivity contribution is 0.415. The molecular formula is C22H19BrN6O. The van der Waals surface area contributed by atoms with Gasteiger partial charge in [0.25, 0.3) is 0 Å². The molecule has 150 valence electrons. The Balaban J connectivity index is 1.84. The second-order valence-corrected chi connectivity index (χ2v) is 8.13. The maximum Gasteiger partial charge on any atom is 0.240 e. The standard InChI is InChI=1S/C22H19BrN6O/c1-28-10-16(14-8-12(23)4-6-18(14)28)20-21(26-27-22(24)25-20)17-11-29(2)19-7-5-13(30-3)9-15(17)19/h4-11H,1-3H3,(H2,24,25,27). The predicted octanol–water partition coefficient (Wildman–Crippen LogP) is 4.54. The van der Waals surface area contributed by atoms with Crippen LogP contribution in [-0.4, -0.2) is 31.4 Å². The van der Waals surface area contributed by atoms with E-state index in [9.17, 15) is 0 Å². The summed E-state index contributed by atoms with van der Waals surface area (Å²) in [5.74, 6) is 0.917. The number of aryl methyl sites for hydroxylation is 2. The van der Waals surface area contributed by atoms with Gasteiger partial charge in [0, 0.05) is 63.9 Å². The van der Waals surface area contributed by atoms with Crippen LogP contribution >= 0.6 is 15.9 Å². The molecule has 0 atom stereocenters. The highest BCUT2D eigenvalue weighted by molar-refractivity contribution is 9.10. The first-order chi connectivity index (χ1) is 14.5. The van der Waals surface area contributed by atoms with Crippen LogP contribution < -0.4 is 10.5 Å². The van der Waals surface area contributed by atoms with Crippen LogP contribution in [-0.2, 0) is 14.1 Å². The first-order valence-electron chi connectivity index (χ1n) is 9.35. The number of hydrogen-bond donors (Lipinski definition) is 1. The molecule has 0 fully saturated rings. The average molecular weight is 463 g/mol. The van der Waals surface area contributed by atoms with Gasteiger partial charge in [-0.1, -0.05) is 15.9 Å². The molecule has 5 aromatic rings. The molecule has 8 heteroatoms. The zero-order valence-electron chi connectivity index (χ0n) is 16.7. The molecule has 0 bridgehead atoms. The second kappa shape index (κ2) is 6.84. The number of ether oxygens (including phenoxy) is 1. The van der Waals surface area contributed by atoms with Crippen LogP contribution in [0, 0.1) is 0 Å². The number of methoxy groups -OCH3 is 1. The molecule has 0 unspecified atom stereocenters. The van der Waals surface area contributed by atoms with Gasteiger partial charge in [-0.15, -0.1) is 10.2 Å². The van der Waals surface area contributed by atoms with E-state index in [1.165, 1.54) is 0 Å². The number of nitrogens with two attached hydrogens (primary N) is 1. The van der Waals surface area contributed by atoms with Crippen molar-refractivity contribution in [3.8, 4) is 28.3 Å². The van der Waals surface area contributed by atoms with Crippen molar-refractivity contribution in [3.63, 3.8) is 0 Å². The van der Waals surface area contributed by atoms with E-state index in [0.717, 1.165) is 43.2 Å².